The molecule has 1 aromatic carbocycles. The Labute approximate surface area is 115 Å². The van der Waals surface area contributed by atoms with Gasteiger partial charge in [-0.15, -0.1) is 0 Å². The van der Waals surface area contributed by atoms with Gasteiger partial charge in [-0.1, -0.05) is 15.9 Å². The van der Waals surface area contributed by atoms with Crippen LogP contribution in [0.25, 0.3) is 11.3 Å². The summed E-state index contributed by atoms with van der Waals surface area (Å²) in [6, 6.07) is 6.83. The van der Waals surface area contributed by atoms with Crippen LogP contribution in [0.2, 0.25) is 0 Å². The summed E-state index contributed by atoms with van der Waals surface area (Å²) in [5.41, 5.74) is 2.28. The molecule has 3 rings (SSSR count). The first-order chi connectivity index (χ1) is 8.72. The number of aromatic nitrogens is 1. The predicted molar refractivity (Wildman–Crippen MR) is 74.2 cm³/mol. The van der Waals surface area contributed by atoms with Crippen molar-refractivity contribution >= 4 is 15.9 Å². The number of oxazole rings is 1. The highest BCUT2D eigenvalue weighted by Crippen LogP contribution is 2.27. The van der Waals surface area contributed by atoms with E-state index in [0.717, 1.165) is 28.2 Å². The maximum atomic E-state index is 5.78. The first kappa shape index (κ1) is 11.9. The molecule has 3 nitrogen and oxygen atoms in total. The van der Waals surface area contributed by atoms with Crippen LogP contribution < -0.4 is 5.32 Å². The van der Waals surface area contributed by atoms with Crippen molar-refractivity contribution in [2.75, 3.05) is 0 Å². The number of halogens is 1. The lowest BCUT2D eigenvalue weighted by Gasteiger charge is -2.02. The van der Waals surface area contributed by atoms with Gasteiger partial charge in [0.05, 0.1) is 12.7 Å². The summed E-state index contributed by atoms with van der Waals surface area (Å²) in [4.78, 5) is 4.31. The third-order valence-electron chi connectivity index (χ3n) is 3.13. The minimum absolute atomic E-state index is 0.676. The molecule has 0 unspecified atom stereocenters. The molecule has 0 saturated heterocycles. The van der Waals surface area contributed by atoms with Crippen LogP contribution in [0, 0.1) is 6.92 Å². The first-order valence-electron chi connectivity index (χ1n) is 6.17. The molecule has 1 heterocycles. The number of benzene rings is 1. The molecule has 94 valence electrons. The fourth-order valence-corrected chi connectivity index (χ4v) is 2.41. The molecule has 1 aliphatic carbocycles. The smallest absolute Gasteiger partial charge is 0.208 e. The minimum atomic E-state index is 0.676. The highest BCUT2D eigenvalue weighted by molar-refractivity contribution is 9.10. The number of nitrogens with one attached hydrogen (secondary N) is 1. The van der Waals surface area contributed by atoms with E-state index in [4.69, 9.17) is 4.42 Å². The molecule has 0 atom stereocenters. The number of aryl methyl sites for hydroxylation is 1. The summed E-state index contributed by atoms with van der Waals surface area (Å²) >= 11 is 3.47. The van der Waals surface area contributed by atoms with Gasteiger partial charge >= 0.3 is 0 Å². The summed E-state index contributed by atoms with van der Waals surface area (Å²) in [6.45, 7) is 2.80. The van der Waals surface area contributed by atoms with E-state index in [1.165, 1.54) is 18.4 Å². The summed E-state index contributed by atoms with van der Waals surface area (Å²) in [5.74, 6) is 1.60. The lowest BCUT2D eigenvalue weighted by molar-refractivity contribution is 0.476. The summed E-state index contributed by atoms with van der Waals surface area (Å²) in [6.07, 6.45) is 4.36. The van der Waals surface area contributed by atoms with Crippen molar-refractivity contribution in [2.45, 2.75) is 32.4 Å². The molecule has 2 aromatic rings. The van der Waals surface area contributed by atoms with Gasteiger partial charge in [-0.25, -0.2) is 4.98 Å². The van der Waals surface area contributed by atoms with Crippen LogP contribution in [0.4, 0.5) is 0 Å². The van der Waals surface area contributed by atoms with Crippen molar-refractivity contribution in [1.29, 1.82) is 0 Å². The second kappa shape index (κ2) is 4.86. The fourth-order valence-electron chi connectivity index (χ4n) is 1.94. The Kier molecular flexibility index (Phi) is 3.22. The third-order valence-corrected chi connectivity index (χ3v) is 3.62. The fraction of sp³-hybridized carbons (Fsp3) is 0.357. The maximum absolute atomic E-state index is 5.78. The minimum Gasteiger partial charge on any atom is -0.439 e. The SMILES string of the molecule is Cc1cc(Br)ccc1-c1cnc(CNC2CC2)o1. The highest BCUT2D eigenvalue weighted by atomic mass is 79.9. The second-order valence-electron chi connectivity index (χ2n) is 4.73. The summed E-state index contributed by atoms with van der Waals surface area (Å²) in [7, 11) is 0. The lowest BCUT2D eigenvalue weighted by atomic mass is 10.1. The van der Waals surface area contributed by atoms with Crippen LogP contribution in [0.15, 0.2) is 33.3 Å². The molecular formula is C14H15BrN2O. The Balaban J connectivity index is 1.78. The van der Waals surface area contributed by atoms with Crippen LogP contribution in [0.3, 0.4) is 0 Å². The quantitative estimate of drug-likeness (QED) is 0.936. The van der Waals surface area contributed by atoms with E-state index >= 15 is 0 Å². The summed E-state index contributed by atoms with van der Waals surface area (Å²) < 4.78 is 6.86. The Morgan fingerprint density at radius 2 is 2.28 bits per heavy atom. The van der Waals surface area contributed by atoms with Crippen molar-refractivity contribution in [1.82, 2.24) is 10.3 Å². The molecule has 1 aromatic heterocycles. The van der Waals surface area contributed by atoms with Gasteiger partial charge in [-0.3, -0.25) is 0 Å². The van der Waals surface area contributed by atoms with Crippen molar-refractivity contribution in [3.05, 3.63) is 40.3 Å². The van der Waals surface area contributed by atoms with Crippen LogP contribution in [0.5, 0.6) is 0 Å². The Hall–Kier alpha value is -1.13. The molecule has 0 amide bonds. The van der Waals surface area contributed by atoms with Gasteiger partial charge in [0.1, 0.15) is 0 Å². The van der Waals surface area contributed by atoms with Gasteiger partial charge in [0.15, 0.2) is 5.76 Å². The number of hydrogen-bond donors (Lipinski definition) is 1. The van der Waals surface area contributed by atoms with Gasteiger partial charge < -0.3 is 9.73 Å². The molecule has 1 fully saturated rings. The Bertz CT molecular complexity index is 561. The molecular weight excluding hydrogens is 292 g/mol. The topological polar surface area (TPSA) is 38.1 Å². The van der Waals surface area contributed by atoms with Crippen molar-refractivity contribution in [3.8, 4) is 11.3 Å². The van der Waals surface area contributed by atoms with Crippen LogP contribution in [-0.2, 0) is 6.54 Å². The average Bonchev–Trinajstić information content (AvgIpc) is 3.05. The van der Waals surface area contributed by atoms with Gasteiger partial charge in [-0.05, 0) is 43.5 Å². The van der Waals surface area contributed by atoms with Gasteiger partial charge in [0.25, 0.3) is 0 Å². The van der Waals surface area contributed by atoms with Gasteiger partial charge in [0.2, 0.25) is 5.89 Å². The van der Waals surface area contributed by atoms with Gasteiger partial charge in [0, 0.05) is 16.1 Å². The lowest BCUT2D eigenvalue weighted by Crippen LogP contribution is -2.15. The molecule has 1 aliphatic rings. The zero-order chi connectivity index (χ0) is 12.5. The molecule has 4 heteroatoms. The zero-order valence-corrected chi connectivity index (χ0v) is 11.8. The van der Waals surface area contributed by atoms with Crippen molar-refractivity contribution in [2.24, 2.45) is 0 Å². The molecule has 1 N–H and O–H groups in total. The van der Waals surface area contributed by atoms with Crippen LogP contribution in [-0.4, -0.2) is 11.0 Å². The first-order valence-corrected chi connectivity index (χ1v) is 6.96. The van der Waals surface area contributed by atoms with E-state index in [9.17, 15) is 0 Å². The molecule has 0 radical (unpaired) electrons. The van der Waals surface area contributed by atoms with Crippen molar-refractivity contribution in [3.63, 3.8) is 0 Å². The Morgan fingerprint density at radius 3 is 3.00 bits per heavy atom. The molecule has 0 spiro atoms. The normalized spacial score (nSPS) is 15.0. The average molecular weight is 307 g/mol. The van der Waals surface area contributed by atoms with E-state index in [0.29, 0.717) is 6.04 Å². The largest absolute Gasteiger partial charge is 0.439 e. The number of nitrogens with zero attached hydrogens (tertiary/aromatic N) is 1. The summed E-state index contributed by atoms with van der Waals surface area (Å²) in [5, 5.41) is 3.40. The predicted octanol–water partition coefficient (Wildman–Crippen LogP) is 3.66. The monoisotopic (exact) mass is 306 g/mol. The Morgan fingerprint density at radius 1 is 1.44 bits per heavy atom. The number of hydrogen-bond acceptors (Lipinski definition) is 3. The highest BCUT2D eigenvalue weighted by Gasteiger charge is 2.21. The van der Waals surface area contributed by atoms with Crippen LogP contribution in [0.1, 0.15) is 24.3 Å². The van der Waals surface area contributed by atoms with Gasteiger partial charge in [-0.2, -0.15) is 0 Å². The maximum Gasteiger partial charge on any atom is 0.208 e. The zero-order valence-electron chi connectivity index (χ0n) is 10.2. The van der Waals surface area contributed by atoms with E-state index in [1.54, 1.807) is 6.20 Å². The van der Waals surface area contributed by atoms with E-state index in [1.807, 2.05) is 6.07 Å². The molecule has 0 aliphatic heterocycles. The third kappa shape index (κ3) is 2.65. The second-order valence-corrected chi connectivity index (χ2v) is 5.65. The molecule has 1 saturated carbocycles. The number of rotatable bonds is 4. The molecule has 0 bridgehead atoms. The van der Waals surface area contributed by atoms with E-state index in [-0.39, 0.29) is 0 Å². The molecule has 18 heavy (non-hydrogen) atoms. The van der Waals surface area contributed by atoms with Crippen LogP contribution >= 0.6 is 15.9 Å². The van der Waals surface area contributed by atoms with E-state index < -0.39 is 0 Å². The standard InChI is InChI=1S/C14H15BrN2O/c1-9-6-10(15)2-5-12(9)13-7-17-14(18-13)8-16-11-3-4-11/h2,5-7,11,16H,3-4,8H2,1H3. The van der Waals surface area contributed by atoms with Crippen molar-refractivity contribution < 1.29 is 4.42 Å². The van der Waals surface area contributed by atoms with E-state index in [2.05, 4.69) is 45.3 Å².